The molecule has 0 amide bonds. The molecule has 1 aliphatic heterocycles. The summed E-state index contributed by atoms with van der Waals surface area (Å²) in [6.07, 6.45) is 0.416. The van der Waals surface area contributed by atoms with Crippen molar-refractivity contribution in [2.45, 2.75) is 18.6 Å². The van der Waals surface area contributed by atoms with Crippen molar-refractivity contribution in [3.8, 4) is 0 Å². The summed E-state index contributed by atoms with van der Waals surface area (Å²) in [5, 5.41) is 3.40. The molecule has 1 aliphatic rings. The number of rotatable bonds is 6. The summed E-state index contributed by atoms with van der Waals surface area (Å²) < 4.78 is 11.2. The summed E-state index contributed by atoms with van der Waals surface area (Å²) in [6.45, 7) is 1.49. The summed E-state index contributed by atoms with van der Waals surface area (Å²) in [5.41, 5.74) is 1.88. The van der Waals surface area contributed by atoms with Gasteiger partial charge in [-0.15, -0.1) is 0 Å². The molecule has 120 valence electrons. The zero-order chi connectivity index (χ0) is 15.9. The van der Waals surface area contributed by atoms with Crippen LogP contribution in [0, 0.1) is 0 Å². The molecule has 23 heavy (non-hydrogen) atoms. The predicted molar refractivity (Wildman–Crippen MR) is 88.3 cm³/mol. The molecule has 0 aliphatic carbocycles. The molecule has 2 aromatic carbocycles. The average molecular weight is 311 g/mol. The first-order chi connectivity index (χ1) is 11.3. The van der Waals surface area contributed by atoms with E-state index in [2.05, 4.69) is 17.4 Å². The summed E-state index contributed by atoms with van der Waals surface area (Å²) in [6, 6.07) is 19.5. The summed E-state index contributed by atoms with van der Waals surface area (Å²) in [7, 11) is 0. The van der Waals surface area contributed by atoms with E-state index in [4.69, 9.17) is 9.47 Å². The molecule has 0 radical (unpaired) electrons. The van der Waals surface area contributed by atoms with Crippen molar-refractivity contribution < 1.29 is 14.3 Å². The lowest BCUT2D eigenvalue weighted by molar-refractivity contribution is -0.157. The third-order valence-electron chi connectivity index (χ3n) is 3.98. The van der Waals surface area contributed by atoms with Crippen LogP contribution in [-0.2, 0) is 9.47 Å². The van der Waals surface area contributed by atoms with Gasteiger partial charge in [-0.05, 0) is 5.56 Å². The van der Waals surface area contributed by atoms with E-state index < -0.39 is 0 Å². The van der Waals surface area contributed by atoms with E-state index in [1.165, 1.54) is 0 Å². The van der Waals surface area contributed by atoms with Crippen LogP contribution in [0.3, 0.4) is 0 Å². The lowest BCUT2D eigenvalue weighted by Crippen LogP contribution is -2.44. The fourth-order valence-electron chi connectivity index (χ4n) is 2.78. The molecule has 2 atom stereocenters. The van der Waals surface area contributed by atoms with Gasteiger partial charge in [0.1, 0.15) is 12.9 Å². The number of Topliss-reactive ketones (excluding diaryl/α,β-unsaturated/α-hetero) is 1. The average Bonchev–Trinajstić information content (AvgIpc) is 2.63. The van der Waals surface area contributed by atoms with Gasteiger partial charge in [-0.25, -0.2) is 0 Å². The number of nitrogens with one attached hydrogen (secondary N) is 1. The fourth-order valence-corrected chi connectivity index (χ4v) is 2.78. The summed E-state index contributed by atoms with van der Waals surface area (Å²) >= 11 is 0. The van der Waals surface area contributed by atoms with Gasteiger partial charge < -0.3 is 14.8 Å². The normalized spacial score (nSPS) is 21.0. The molecule has 3 rings (SSSR count). The standard InChI is InChI=1S/C19H21NO3/c21-18(15-7-3-1-4-8-15)11-12-20-17-13-22-14-23-19(17)16-9-5-2-6-10-16/h1-10,17,19-20H,11-14H2. The largest absolute Gasteiger partial charge is 0.354 e. The van der Waals surface area contributed by atoms with E-state index in [1.54, 1.807) is 0 Å². The van der Waals surface area contributed by atoms with Crippen molar-refractivity contribution in [2.24, 2.45) is 0 Å². The second-order valence-electron chi connectivity index (χ2n) is 5.59. The van der Waals surface area contributed by atoms with E-state index in [1.807, 2.05) is 48.5 Å². The Labute approximate surface area is 136 Å². The van der Waals surface area contributed by atoms with Gasteiger partial charge >= 0.3 is 0 Å². The Kier molecular flexibility index (Phi) is 5.53. The van der Waals surface area contributed by atoms with Gasteiger partial charge in [0.2, 0.25) is 0 Å². The molecule has 4 heteroatoms. The van der Waals surface area contributed by atoms with Crippen molar-refractivity contribution in [1.82, 2.24) is 5.32 Å². The number of hydrogen-bond acceptors (Lipinski definition) is 4. The highest BCUT2D eigenvalue weighted by molar-refractivity contribution is 5.96. The highest BCUT2D eigenvalue weighted by atomic mass is 16.7. The molecule has 0 aromatic heterocycles. The maximum absolute atomic E-state index is 12.1. The van der Waals surface area contributed by atoms with Crippen molar-refractivity contribution in [2.75, 3.05) is 19.9 Å². The zero-order valence-electron chi connectivity index (χ0n) is 13.0. The Morgan fingerprint density at radius 1 is 1.04 bits per heavy atom. The Morgan fingerprint density at radius 2 is 1.74 bits per heavy atom. The minimum atomic E-state index is -0.0447. The second-order valence-corrected chi connectivity index (χ2v) is 5.59. The van der Waals surface area contributed by atoms with Crippen molar-refractivity contribution in [1.29, 1.82) is 0 Å². The molecular weight excluding hydrogens is 290 g/mol. The zero-order valence-corrected chi connectivity index (χ0v) is 13.0. The van der Waals surface area contributed by atoms with Gasteiger partial charge in [-0.2, -0.15) is 0 Å². The van der Waals surface area contributed by atoms with E-state index in [0.29, 0.717) is 26.4 Å². The maximum Gasteiger partial charge on any atom is 0.164 e. The van der Waals surface area contributed by atoms with Crippen LogP contribution in [0.15, 0.2) is 60.7 Å². The lowest BCUT2D eigenvalue weighted by atomic mass is 10.0. The first-order valence-electron chi connectivity index (χ1n) is 7.90. The first-order valence-corrected chi connectivity index (χ1v) is 7.90. The molecule has 0 bridgehead atoms. The SMILES string of the molecule is O=C(CCNC1COCOC1c1ccccc1)c1ccccc1. The third kappa shape index (κ3) is 4.26. The molecule has 0 spiro atoms. The summed E-state index contributed by atoms with van der Waals surface area (Å²) in [4.78, 5) is 12.1. The molecule has 2 unspecified atom stereocenters. The Morgan fingerprint density at radius 3 is 2.48 bits per heavy atom. The van der Waals surface area contributed by atoms with Crippen molar-refractivity contribution in [3.05, 3.63) is 71.8 Å². The van der Waals surface area contributed by atoms with Gasteiger partial charge in [0.15, 0.2) is 5.78 Å². The lowest BCUT2D eigenvalue weighted by Gasteiger charge is -2.32. The molecule has 1 saturated heterocycles. The van der Waals surface area contributed by atoms with Gasteiger partial charge in [-0.1, -0.05) is 60.7 Å². The van der Waals surface area contributed by atoms with Crippen LogP contribution < -0.4 is 5.32 Å². The van der Waals surface area contributed by atoms with Crippen LogP contribution in [0.2, 0.25) is 0 Å². The number of ether oxygens (including phenoxy) is 2. The fraction of sp³-hybridized carbons (Fsp3) is 0.316. The maximum atomic E-state index is 12.1. The minimum Gasteiger partial charge on any atom is -0.354 e. The van der Waals surface area contributed by atoms with E-state index in [-0.39, 0.29) is 17.9 Å². The van der Waals surface area contributed by atoms with Gasteiger partial charge in [0, 0.05) is 18.5 Å². The first kappa shape index (κ1) is 15.9. The van der Waals surface area contributed by atoms with Gasteiger partial charge in [-0.3, -0.25) is 4.79 Å². The van der Waals surface area contributed by atoms with Crippen LogP contribution in [0.5, 0.6) is 0 Å². The minimum absolute atomic E-state index is 0.0447. The smallest absolute Gasteiger partial charge is 0.164 e. The second kappa shape index (κ2) is 8.02. The molecule has 1 heterocycles. The van der Waals surface area contributed by atoms with Gasteiger partial charge in [0.05, 0.1) is 12.6 Å². The van der Waals surface area contributed by atoms with E-state index in [9.17, 15) is 4.79 Å². The number of hydrogen-bond donors (Lipinski definition) is 1. The van der Waals surface area contributed by atoms with E-state index in [0.717, 1.165) is 11.1 Å². The molecule has 4 nitrogen and oxygen atoms in total. The quantitative estimate of drug-likeness (QED) is 0.833. The van der Waals surface area contributed by atoms with Crippen molar-refractivity contribution in [3.63, 3.8) is 0 Å². The molecule has 1 N–H and O–H groups in total. The number of ketones is 1. The molecule has 0 saturated carbocycles. The molecular formula is C19H21NO3. The predicted octanol–water partition coefficient (Wildman–Crippen LogP) is 2.96. The van der Waals surface area contributed by atoms with Gasteiger partial charge in [0.25, 0.3) is 0 Å². The van der Waals surface area contributed by atoms with Crippen LogP contribution in [0.4, 0.5) is 0 Å². The van der Waals surface area contributed by atoms with Crippen molar-refractivity contribution >= 4 is 5.78 Å². The highest BCUT2D eigenvalue weighted by Gasteiger charge is 2.27. The van der Waals surface area contributed by atoms with Crippen LogP contribution in [-0.4, -0.2) is 31.8 Å². The van der Waals surface area contributed by atoms with Crippen LogP contribution in [0.25, 0.3) is 0 Å². The Hall–Kier alpha value is -2.01. The number of carbonyl (C=O) groups is 1. The number of carbonyl (C=O) groups excluding carboxylic acids is 1. The Bertz CT molecular complexity index is 615. The third-order valence-corrected chi connectivity index (χ3v) is 3.98. The topological polar surface area (TPSA) is 47.6 Å². The highest BCUT2D eigenvalue weighted by Crippen LogP contribution is 2.24. The van der Waals surface area contributed by atoms with Crippen LogP contribution >= 0.6 is 0 Å². The van der Waals surface area contributed by atoms with Crippen LogP contribution in [0.1, 0.15) is 28.4 Å². The number of benzene rings is 2. The molecule has 1 fully saturated rings. The Balaban J connectivity index is 1.55. The molecule has 2 aromatic rings. The van der Waals surface area contributed by atoms with E-state index >= 15 is 0 Å². The monoisotopic (exact) mass is 311 g/mol. The summed E-state index contributed by atoms with van der Waals surface area (Å²) in [5.74, 6) is 0.145.